The van der Waals surface area contributed by atoms with Crippen molar-refractivity contribution in [3.05, 3.63) is 40.9 Å². The minimum absolute atomic E-state index is 0.0616. The third-order valence-electron chi connectivity index (χ3n) is 4.03. The summed E-state index contributed by atoms with van der Waals surface area (Å²) >= 11 is 5.55. The van der Waals surface area contributed by atoms with Crippen LogP contribution in [0.3, 0.4) is 0 Å². The molecule has 1 aliphatic rings. The number of carbonyl (C=O) groups is 1. The number of nitrogens with zero attached hydrogens (tertiary/aromatic N) is 2. The maximum absolute atomic E-state index is 12.2. The monoisotopic (exact) mass is 321 g/mol. The zero-order chi connectivity index (χ0) is 15.9. The van der Waals surface area contributed by atoms with Crippen LogP contribution < -0.4 is 5.32 Å². The molecule has 0 unspecified atom stereocenters. The average Bonchev–Trinajstić information content (AvgIpc) is 2.50. The van der Waals surface area contributed by atoms with Crippen molar-refractivity contribution in [2.24, 2.45) is 0 Å². The van der Waals surface area contributed by atoms with Crippen molar-refractivity contribution in [3.63, 3.8) is 0 Å². The summed E-state index contributed by atoms with van der Waals surface area (Å²) in [6.07, 6.45) is 1.95. The van der Waals surface area contributed by atoms with E-state index < -0.39 is 0 Å². The van der Waals surface area contributed by atoms with E-state index in [0.717, 1.165) is 49.5 Å². The number of hydrogen-bond acceptors (Lipinski definition) is 3. The van der Waals surface area contributed by atoms with Crippen LogP contribution in [0, 0.1) is 13.8 Å². The molecule has 1 aromatic carbocycles. The molecule has 1 aliphatic heterocycles. The van der Waals surface area contributed by atoms with Crippen molar-refractivity contribution in [2.75, 3.05) is 44.6 Å². The lowest BCUT2D eigenvalue weighted by atomic mass is 10.1. The Morgan fingerprint density at radius 2 is 1.77 bits per heavy atom. The number of rotatable bonds is 5. The van der Waals surface area contributed by atoms with E-state index in [0.29, 0.717) is 6.54 Å². The van der Waals surface area contributed by atoms with Gasteiger partial charge in [-0.25, -0.2) is 0 Å². The van der Waals surface area contributed by atoms with Gasteiger partial charge in [0.25, 0.3) is 0 Å². The van der Waals surface area contributed by atoms with Crippen LogP contribution in [-0.4, -0.2) is 55.0 Å². The molecule has 120 valence electrons. The molecule has 1 aromatic rings. The van der Waals surface area contributed by atoms with Crippen molar-refractivity contribution >= 4 is 23.2 Å². The number of amides is 1. The van der Waals surface area contributed by atoms with Crippen molar-refractivity contribution in [1.29, 1.82) is 0 Å². The quantitative estimate of drug-likeness (QED) is 0.905. The third-order valence-corrected chi connectivity index (χ3v) is 4.21. The number of aryl methyl sites for hydroxylation is 2. The number of carbonyl (C=O) groups excluding carboxylic acids is 1. The molecule has 4 nitrogen and oxygen atoms in total. The summed E-state index contributed by atoms with van der Waals surface area (Å²) < 4.78 is 0. The minimum Gasteiger partial charge on any atom is -0.324 e. The predicted molar refractivity (Wildman–Crippen MR) is 92.4 cm³/mol. The maximum Gasteiger partial charge on any atom is 0.238 e. The SMILES string of the molecule is Cc1cccc(C)c1NC(=O)CN1CCN(C/C=C/Cl)CC1. The zero-order valence-corrected chi connectivity index (χ0v) is 14.1. The van der Waals surface area contributed by atoms with Crippen LogP contribution in [0.25, 0.3) is 0 Å². The van der Waals surface area contributed by atoms with E-state index in [1.54, 1.807) is 5.54 Å². The molecular formula is C17H24ClN3O. The molecule has 2 rings (SSSR count). The van der Waals surface area contributed by atoms with Gasteiger partial charge in [-0.1, -0.05) is 35.9 Å². The zero-order valence-electron chi connectivity index (χ0n) is 13.3. The van der Waals surface area contributed by atoms with Crippen LogP contribution >= 0.6 is 11.6 Å². The van der Waals surface area contributed by atoms with Gasteiger partial charge in [-0.15, -0.1) is 0 Å². The van der Waals surface area contributed by atoms with E-state index in [-0.39, 0.29) is 5.91 Å². The Morgan fingerprint density at radius 3 is 2.36 bits per heavy atom. The van der Waals surface area contributed by atoms with Gasteiger partial charge in [0.05, 0.1) is 6.54 Å². The van der Waals surface area contributed by atoms with E-state index in [4.69, 9.17) is 11.6 Å². The summed E-state index contributed by atoms with van der Waals surface area (Å²) in [6.45, 7) is 9.14. The molecule has 22 heavy (non-hydrogen) atoms. The smallest absolute Gasteiger partial charge is 0.238 e. The van der Waals surface area contributed by atoms with E-state index in [1.807, 2.05) is 38.1 Å². The predicted octanol–water partition coefficient (Wildman–Crippen LogP) is 2.61. The fourth-order valence-corrected chi connectivity index (χ4v) is 2.79. The first kappa shape index (κ1) is 17.0. The van der Waals surface area contributed by atoms with Gasteiger partial charge in [0.2, 0.25) is 5.91 Å². The molecule has 1 N–H and O–H groups in total. The average molecular weight is 322 g/mol. The van der Waals surface area contributed by atoms with Crippen molar-refractivity contribution in [2.45, 2.75) is 13.8 Å². The van der Waals surface area contributed by atoms with Gasteiger partial charge in [-0.05, 0) is 25.0 Å². The van der Waals surface area contributed by atoms with Gasteiger partial charge >= 0.3 is 0 Å². The Kier molecular flexibility index (Phi) is 6.43. The van der Waals surface area contributed by atoms with Crippen LogP contribution in [0.2, 0.25) is 0 Å². The number of nitrogens with one attached hydrogen (secondary N) is 1. The molecule has 1 heterocycles. The number of piperazine rings is 1. The minimum atomic E-state index is 0.0616. The Morgan fingerprint density at radius 1 is 1.18 bits per heavy atom. The van der Waals surface area contributed by atoms with Crippen LogP contribution in [-0.2, 0) is 4.79 Å². The number of para-hydroxylation sites is 1. The fourth-order valence-electron chi connectivity index (χ4n) is 2.71. The van der Waals surface area contributed by atoms with E-state index in [1.165, 1.54) is 0 Å². The molecule has 0 radical (unpaired) electrons. The first-order valence-electron chi connectivity index (χ1n) is 7.66. The van der Waals surface area contributed by atoms with Crippen LogP contribution in [0.4, 0.5) is 5.69 Å². The first-order chi connectivity index (χ1) is 10.6. The molecule has 0 atom stereocenters. The van der Waals surface area contributed by atoms with Gasteiger partial charge in [0.1, 0.15) is 0 Å². The Labute approximate surface area is 137 Å². The van der Waals surface area contributed by atoms with Crippen LogP contribution in [0.5, 0.6) is 0 Å². The molecule has 0 bridgehead atoms. The number of hydrogen-bond donors (Lipinski definition) is 1. The highest BCUT2D eigenvalue weighted by Crippen LogP contribution is 2.19. The molecule has 0 aliphatic carbocycles. The summed E-state index contributed by atoms with van der Waals surface area (Å²) in [5.41, 5.74) is 4.71. The van der Waals surface area contributed by atoms with Crippen LogP contribution in [0.1, 0.15) is 11.1 Å². The highest BCUT2D eigenvalue weighted by atomic mass is 35.5. The third kappa shape index (κ3) is 4.83. The van der Waals surface area contributed by atoms with Gasteiger partial charge in [-0.2, -0.15) is 0 Å². The molecule has 5 heteroatoms. The van der Waals surface area contributed by atoms with Gasteiger partial charge < -0.3 is 5.32 Å². The van der Waals surface area contributed by atoms with Crippen molar-refractivity contribution in [1.82, 2.24) is 9.80 Å². The molecule has 1 amide bonds. The van der Waals surface area contributed by atoms with Gasteiger partial charge in [0.15, 0.2) is 0 Å². The van der Waals surface area contributed by atoms with E-state index >= 15 is 0 Å². The lowest BCUT2D eigenvalue weighted by Crippen LogP contribution is -2.48. The number of anilines is 1. The van der Waals surface area contributed by atoms with Gasteiger partial charge in [0, 0.05) is 43.9 Å². The van der Waals surface area contributed by atoms with Crippen molar-refractivity contribution < 1.29 is 4.79 Å². The molecule has 1 fully saturated rings. The standard InChI is InChI=1S/C17H24ClN3O/c1-14-5-3-6-15(2)17(14)19-16(22)13-21-11-9-20(10-12-21)8-4-7-18/h3-7H,8-13H2,1-2H3,(H,19,22)/b7-4+. The van der Waals surface area contributed by atoms with Crippen LogP contribution in [0.15, 0.2) is 29.8 Å². The fraction of sp³-hybridized carbons (Fsp3) is 0.471. The normalized spacial score (nSPS) is 17.0. The maximum atomic E-state index is 12.2. The lowest BCUT2D eigenvalue weighted by Gasteiger charge is -2.33. The van der Waals surface area contributed by atoms with Gasteiger partial charge in [-0.3, -0.25) is 14.6 Å². The summed E-state index contributed by atoms with van der Waals surface area (Å²) in [6, 6.07) is 6.05. The molecule has 0 saturated carbocycles. The van der Waals surface area contributed by atoms with E-state index in [2.05, 4.69) is 15.1 Å². The number of benzene rings is 1. The highest BCUT2D eigenvalue weighted by Gasteiger charge is 2.18. The lowest BCUT2D eigenvalue weighted by molar-refractivity contribution is -0.117. The Hall–Kier alpha value is -1.36. The topological polar surface area (TPSA) is 35.6 Å². The second kappa shape index (κ2) is 8.32. The highest BCUT2D eigenvalue weighted by molar-refractivity contribution is 6.25. The second-order valence-corrected chi connectivity index (χ2v) is 6.01. The number of halogens is 1. The van der Waals surface area contributed by atoms with Crippen molar-refractivity contribution in [3.8, 4) is 0 Å². The summed E-state index contributed by atoms with van der Waals surface area (Å²) in [5.74, 6) is 0.0616. The van der Waals surface area contributed by atoms with E-state index in [9.17, 15) is 4.79 Å². The molecule has 1 saturated heterocycles. The Bertz CT molecular complexity index is 516. The molecule has 0 spiro atoms. The summed E-state index contributed by atoms with van der Waals surface area (Å²) in [7, 11) is 0. The first-order valence-corrected chi connectivity index (χ1v) is 8.10. The Balaban J connectivity index is 1.81. The molecular weight excluding hydrogens is 298 g/mol. The summed E-state index contributed by atoms with van der Waals surface area (Å²) in [4.78, 5) is 16.8. The molecule has 0 aromatic heterocycles. The largest absolute Gasteiger partial charge is 0.324 e. The summed E-state index contributed by atoms with van der Waals surface area (Å²) in [5, 5.41) is 3.05. The second-order valence-electron chi connectivity index (χ2n) is 5.75.